The second-order valence-electron chi connectivity index (χ2n) is 4.86. The zero-order valence-electron chi connectivity index (χ0n) is 12.1. The number of benzene rings is 1. The molecule has 3 aromatic rings. The lowest BCUT2D eigenvalue weighted by molar-refractivity contribution is -0.119. The van der Waals surface area contributed by atoms with Gasteiger partial charge in [0, 0.05) is 30.3 Å². The summed E-state index contributed by atoms with van der Waals surface area (Å²) in [4.78, 5) is 20.3. The molecule has 22 heavy (non-hydrogen) atoms. The fraction of sp³-hybridized carbons (Fsp3) is 0.118. The highest BCUT2D eigenvalue weighted by atomic mass is 32.1. The van der Waals surface area contributed by atoms with Crippen molar-refractivity contribution in [2.24, 2.45) is 0 Å². The van der Waals surface area contributed by atoms with E-state index in [9.17, 15) is 4.79 Å². The van der Waals surface area contributed by atoms with Crippen molar-refractivity contribution in [1.82, 2.24) is 15.3 Å². The summed E-state index contributed by atoms with van der Waals surface area (Å²) < 4.78 is 0. The van der Waals surface area contributed by atoms with Gasteiger partial charge >= 0.3 is 0 Å². The quantitative estimate of drug-likeness (QED) is 0.803. The molecule has 3 rings (SSSR count). The highest BCUT2D eigenvalue weighted by Gasteiger charge is 2.19. The summed E-state index contributed by atoms with van der Waals surface area (Å²) in [5, 5.41) is 5.82. The Kier molecular flexibility index (Phi) is 4.25. The Morgan fingerprint density at radius 1 is 1.18 bits per heavy atom. The lowest BCUT2D eigenvalue weighted by Crippen LogP contribution is -2.26. The predicted molar refractivity (Wildman–Crippen MR) is 87.4 cm³/mol. The van der Waals surface area contributed by atoms with Crippen molar-refractivity contribution in [1.29, 1.82) is 0 Å². The van der Waals surface area contributed by atoms with Gasteiger partial charge in [0.15, 0.2) is 0 Å². The average molecular weight is 309 g/mol. The zero-order valence-corrected chi connectivity index (χ0v) is 12.9. The number of aromatic nitrogens is 2. The van der Waals surface area contributed by atoms with Gasteiger partial charge in [-0.1, -0.05) is 30.3 Å². The largest absolute Gasteiger partial charge is 0.343 e. The minimum Gasteiger partial charge on any atom is -0.343 e. The van der Waals surface area contributed by atoms with Crippen LogP contribution >= 0.6 is 11.3 Å². The molecule has 0 saturated carbocycles. The van der Waals surface area contributed by atoms with Crippen molar-refractivity contribution < 1.29 is 4.79 Å². The Morgan fingerprint density at radius 2 is 2.00 bits per heavy atom. The molecule has 5 heteroatoms. The smallest absolute Gasteiger partial charge is 0.217 e. The van der Waals surface area contributed by atoms with E-state index in [0.29, 0.717) is 0 Å². The van der Waals surface area contributed by atoms with Crippen molar-refractivity contribution >= 4 is 17.2 Å². The molecule has 2 aromatic heterocycles. The highest BCUT2D eigenvalue weighted by Crippen LogP contribution is 2.28. The van der Waals surface area contributed by atoms with E-state index in [4.69, 9.17) is 0 Å². The normalized spacial score (nSPS) is 11.9. The SMILES string of the molecule is CC(=O)NC(c1ccccc1)c1nc(-c2cccnc2)cs1. The van der Waals surface area contributed by atoms with Crippen molar-refractivity contribution in [3.8, 4) is 11.3 Å². The summed E-state index contributed by atoms with van der Waals surface area (Å²) >= 11 is 1.54. The van der Waals surface area contributed by atoms with Gasteiger partial charge in [0.25, 0.3) is 0 Å². The van der Waals surface area contributed by atoms with Crippen LogP contribution in [0.4, 0.5) is 0 Å². The second kappa shape index (κ2) is 6.49. The molecule has 4 nitrogen and oxygen atoms in total. The monoisotopic (exact) mass is 309 g/mol. The summed E-state index contributed by atoms with van der Waals surface area (Å²) in [7, 11) is 0. The molecule has 0 spiro atoms. The van der Waals surface area contributed by atoms with Crippen LogP contribution in [0.5, 0.6) is 0 Å². The summed E-state index contributed by atoms with van der Waals surface area (Å²) in [6.07, 6.45) is 3.52. The maximum atomic E-state index is 11.5. The van der Waals surface area contributed by atoms with E-state index in [-0.39, 0.29) is 11.9 Å². The third kappa shape index (κ3) is 3.20. The number of amides is 1. The van der Waals surface area contributed by atoms with Gasteiger partial charge in [0.2, 0.25) is 5.91 Å². The molecule has 110 valence electrons. The molecule has 0 fully saturated rings. The molecule has 2 heterocycles. The first kappa shape index (κ1) is 14.4. The number of rotatable bonds is 4. The molecule has 0 saturated heterocycles. The van der Waals surface area contributed by atoms with Crippen LogP contribution in [0, 0.1) is 0 Å². The Morgan fingerprint density at radius 3 is 2.68 bits per heavy atom. The molecule has 0 aliphatic heterocycles. The minimum atomic E-state index is -0.228. The third-order valence-corrected chi connectivity index (χ3v) is 4.12. The van der Waals surface area contributed by atoms with Crippen molar-refractivity contribution in [2.75, 3.05) is 0 Å². The van der Waals surface area contributed by atoms with E-state index < -0.39 is 0 Å². The Balaban J connectivity index is 1.95. The van der Waals surface area contributed by atoms with Crippen molar-refractivity contribution in [3.63, 3.8) is 0 Å². The van der Waals surface area contributed by atoms with Crippen molar-refractivity contribution in [3.05, 3.63) is 70.8 Å². The first-order chi connectivity index (χ1) is 10.7. The van der Waals surface area contributed by atoms with Crippen LogP contribution in [0.1, 0.15) is 23.5 Å². The first-order valence-corrected chi connectivity index (χ1v) is 7.80. The maximum absolute atomic E-state index is 11.5. The maximum Gasteiger partial charge on any atom is 0.217 e. The van der Waals surface area contributed by atoms with E-state index in [1.807, 2.05) is 47.8 Å². The number of hydrogen-bond acceptors (Lipinski definition) is 4. The lowest BCUT2D eigenvalue weighted by atomic mass is 10.1. The number of carbonyl (C=O) groups excluding carboxylic acids is 1. The van der Waals surface area contributed by atoms with Gasteiger partial charge in [-0.25, -0.2) is 4.98 Å². The molecule has 0 radical (unpaired) electrons. The van der Waals surface area contributed by atoms with E-state index in [0.717, 1.165) is 21.8 Å². The van der Waals surface area contributed by atoms with Gasteiger partial charge in [0.1, 0.15) is 11.0 Å². The van der Waals surface area contributed by atoms with Crippen LogP contribution in [0.15, 0.2) is 60.2 Å². The topological polar surface area (TPSA) is 54.9 Å². The number of thiazole rings is 1. The first-order valence-electron chi connectivity index (χ1n) is 6.92. The summed E-state index contributed by atoms with van der Waals surface area (Å²) in [5.74, 6) is -0.0769. The Hall–Kier alpha value is -2.53. The molecular formula is C17H15N3OS. The fourth-order valence-electron chi connectivity index (χ4n) is 2.20. The van der Waals surface area contributed by atoms with E-state index in [1.54, 1.807) is 12.4 Å². The summed E-state index contributed by atoms with van der Waals surface area (Å²) in [6.45, 7) is 1.52. The van der Waals surface area contributed by atoms with Gasteiger partial charge in [-0.2, -0.15) is 0 Å². The molecule has 1 aromatic carbocycles. The Bertz CT molecular complexity index is 756. The average Bonchev–Trinajstić information content (AvgIpc) is 3.04. The van der Waals surface area contributed by atoms with Gasteiger partial charge in [-0.15, -0.1) is 11.3 Å². The van der Waals surface area contributed by atoms with Crippen LogP contribution < -0.4 is 5.32 Å². The Labute approximate surface area is 132 Å². The molecular weight excluding hydrogens is 294 g/mol. The number of pyridine rings is 1. The van der Waals surface area contributed by atoms with Crippen LogP contribution in [-0.4, -0.2) is 15.9 Å². The second-order valence-corrected chi connectivity index (χ2v) is 5.75. The number of nitrogens with zero attached hydrogens (tertiary/aromatic N) is 2. The van der Waals surface area contributed by atoms with Crippen LogP contribution in [0.3, 0.4) is 0 Å². The number of hydrogen-bond donors (Lipinski definition) is 1. The molecule has 1 atom stereocenters. The number of carbonyl (C=O) groups is 1. The predicted octanol–water partition coefficient (Wildman–Crippen LogP) is 3.43. The molecule has 0 bridgehead atoms. The zero-order chi connectivity index (χ0) is 15.4. The van der Waals surface area contributed by atoms with Gasteiger partial charge in [0.05, 0.1) is 5.69 Å². The van der Waals surface area contributed by atoms with Gasteiger partial charge < -0.3 is 5.32 Å². The molecule has 0 aliphatic carbocycles. The van der Waals surface area contributed by atoms with Gasteiger partial charge in [-0.3, -0.25) is 9.78 Å². The summed E-state index contributed by atoms with van der Waals surface area (Å²) in [6, 6.07) is 13.5. The highest BCUT2D eigenvalue weighted by molar-refractivity contribution is 7.10. The number of nitrogens with one attached hydrogen (secondary N) is 1. The molecule has 1 amide bonds. The van der Waals surface area contributed by atoms with Crippen molar-refractivity contribution in [2.45, 2.75) is 13.0 Å². The fourth-order valence-corrected chi connectivity index (χ4v) is 3.11. The van der Waals surface area contributed by atoms with E-state index in [1.165, 1.54) is 18.3 Å². The van der Waals surface area contributed by atoms with E-state index in [2.05, 4.69) is 15.3 Å². The molecule has 1 N–H and O–H groups in total. The van der Waals surface area contributed by atoms with E-state index >= 15 is 0 Å². The van der Waals surface area contributed by atoms with Crippen LogP contribution in [0.2, 0.25) is 0 Å². The summed E-state index contributed by atoms with van der Waals surface area (Å²) in [5.41, 5.74) is 2.86. The minimum absolute atomic E-state index is 0.0769. The molecule has 0 aliphatic rings. The third-order valence-electron chi connectivity index (χ3n) is 3.21. The van der Waals surface area contributed by atoms with Crippen LogP contribution in [0.25, 0.3) is 11.3 Å². The standard InChI is InChI=1S/C17H15N3OS/c1-12(21)19-16(13-6-3-2-4-7-13)17-20-15(11-22-17)14-8-5-9-18-10-14/h2-11,16H,1H3,(H,19,21). The van der Waals surface area contributed by atoms with Crippen LogP contribution in [-0.2, 0) is 4.79 Å². The lowest BCUT2D eigenvalue weighted by Gasteiger charge is -2.15. The van der Waals surface area contributed by atoms with Gasteiger partial charge in [-0.05, 0) is 17.7 Å². The molecule has 1 unspecified atom stereocenters.